The number of fused-ring (bicyclic) bond motifs is 1. The second kappa shape index (κ2) is 4.18. The van der Waals surface area contributed by atoms with Crippen LogP contribution in [0.5, 0.6) is 0 Å². The molecule has 0 unspecified atom stereocenters. The van der Waals surface area contributed by atoms with Crippen molar-refractivity contribution >= 4 is 39.6 Å². The van der Waals surface area contributed by atoms with E-state index in [1.54, 1.807) is 19.3 Å². The van der Waals surface area contributed by atoms with Crippen molar-refractivity contribution in [1.82, 2.24) is 9.97 Å². The van der Waals surface area contributed by atoms with Gasteiger partial charge in [0.2, 0.25) is 0 Å². The van der Waals surface area contributed by atoms with E-state index in [4.69, 9.17) is 4.74 Å². The highest BCUT2D eigenvalue weighted by molar-refractivity contribution is 14.1. The molecular weight excluding hydrogens is 307 g/mol. The zero-order valence-corrected chi connectivity index (χ0v) is 10.2. The highest BCUT2D eigenvalue weighted by Gasteiger charge is 2.13. The zero-order chi connectivity index (χ0) is 10.8. The quantitative estimate of drug-likeness (QED) is 0.683. The maximum Gasteiger partial charge on any atom is 0.340 e. The lowest BCUT2D eigenvalue weighted by Gasteiger charge is -2.03. The number of imidazole rings is 1. The number of nitrogens with one attached hydrogen (secondary N) is 1. The summed E-state index contributed by atoms with van der Waals surface area (Å²) in [5.41, 5.74) is 2.03. The van der Waals surface area contributed by atoms with Gasteiger partial charge in [-0.25, -0.2) is 9.78 Å². The lowest BCUT2D eigenvalue weighted by atomic mass is 10.2. The third kappa shape index (κ3) is 1.97. The summed E-state index contributed by atoms with van der Waals surface area (Å²) in [7, 11) is 0. The van der Waals surface area contributed by atoms with Crippen LogP contribution in [-0.4, -0.2) is 22.5 Å². The molecule has 0 amide bonds. The molecule has 15 heavy (non-hydrogen) atoms. The summed E-state index contributed by atoms with van der Waals surface area (Å²) in [4.78, 5) is 18.7. The minimum Gasteiger partial charge on any atom is -0.462 e. The smallest absolute Gasteiger partial charge is 0.340 e. The number of H-pyrrole nitrogens is 1. The van der Waals surface area contributed by atoms with Crippen LogP contribution in [0.25, 0.3) is 11.0 Å². The van der Waals surface area contributed by atoms with E-state index in [-0.39, 0.29) is 5.97 Å². The summed E-state index contributed by atoms with van der Waals surface area (Å²) in [6, 6.07) is 3.72. The van der Waals surface area contributed by atoms with E-state index >= 15 is 0 Å². The molecule has 1 aromatic carbocycles. The summed E-state index contributed by atoms with van der Waals surface area (Å²) >= 11 is 2.16. The maximum absolute atomic E-state index is 11.6. The normalized spacial score (nSPS) is 10.5. The fourth-order valence-corrected chi connectivity index (χ4v) is 2.00. The molecule has 0 aliphatic heterocycles. The molecule has 2 aromatic rings. The third-order valence-corrected chi connectivity index (χ3v) is 2.61. The van der Waals surface area contributed by atoms with E-state index in [9.17, 15) is 4.79 Å². The SMILES string of the molecule is CCOC(=O)c1cc(I)cc2[nH]cnc12. The van der Waals surface area contributed by atoms with Crippen LogP contribution in [0.2, 0.25) is 0 Å². The van der Waals surface area contributed by atoms with Crippen LogP contribution in [0.15, 0.2) is 18.5 Å². The van der Waals surface area contributed by atoms with E-state index in [0.717, 1.165) is 9.09 Å². The minimum atomic E-state index is -0.326. The number of hydrogen-bond acceptors (Lipinski definition) is 3. The van der Waals surface area contributed by atoms with Gasteiger partial charge in [0, 0.05) is 3.57 Å². The van der Waals surface area contributed by atoms with E-state index in [2.05, 4.69) is 32.6 Å². The molecular formula is C10H9IN2O2. The molecule has 4 nitrogen and oxygen atoms in total. The number of halogens is 1. The number of esters is 1. The highest BCUT2D eigenvalue weighted by Crippen LogP contribution is 2.19. The van der Waals surface area contributed by atoms with Gasteiger partial charge in [0.15, 0.2) is 0 Å². The van der Waals surface area contributed by atoms with Crippen molar-refractivity contribution < 1.29 is 9.53 Å². The number of aromatic amines is 1. The lowest BCUT2D eigenvalue weighted by Crippen LogP contribution is -2.05. The number of carbonyl (C=O) groups excluding carboxylic acids is 1. The second-order valence-electron chi connectivity index (χ2n) is 2.97. The minimum absolute atomic E-state index is 0.326. The lowest BCUT2D eigenvalue weighted by molar-refractivity contribution is 0.0528. The molecule has 1 heterocycles. The fourth-order valence-electron chi connectivity index (χ4n) is 1.38. The number of benzene rings is 1. The molecule has 78 valence electrons. The summed E-state index contributed by atoms with van der Waals surface area (Å²) in [6.07, 6.45) is 1.57. The Kier molecular flexibility index (Phi) is 2.90. The van der Waals surface area contributed by atoms with Gasteiger partial charge in [0.05, 0.1) is 24.0 Å². The molecule has 0 aliphatic carbocycles. The Morgan fingerprint density at radius 2 is 2.40 bits per heavy atom. The zero-order valence-electron chi connectivity index (χ0n) is 8.08. The van der Waals surface area contributed by atoms with Gasteiger partial charge in [0.25, 0.3) is 0 Å². The average molecular weight is 316 g/mol. The van der Waals surface area contributed by atoms with Crippen molar-refractivity contribution in [3.63, 3.8) is 0 Å². The van der Waals surface area contributed by atoms with Crippen molar-refractivity contribution in [1.29, 1.82) is 0 Å². The summed E-state index contributed by atoms with van der Waals surface area (Å²) in [6.45, 7) is 2.16. The molecule has 0 spiro atoms. The van der Waals surface area contributed by atoms with Crippen LogP contribution in [-0.2, 0) is 4.74 Å². The van der Waals surface area contributed by atoms with Crippen LogP contribution in [0.4, 0.5) is 0 Å². The van der Waals surface area contributed by atoms with Crippen molar-refractivity contribution in [3.05, 3.63) is 27.6 Å². The van der Waals surface area contributed by atoms with Gasteiger partial charge in [-0.1, -0.05) is 0 Å². The van der Waals surface area contributed by atoms with Crippen molar-refractivity contribution in [2.75, 3.05) is 6.61 Å². The van der Waals surface area contributed by atoms with E-state index in [0.29, 0.717) is 17.7 Å². The molecule has 2 rings (SSSR count). The van der Waals surface area contributed by atoms with Crippen LogP contribution in [0, 0.1) is 3.57 Å². The first-order valence-electron chi connectivity index (χ1n) is 4.52. The Bertz CT molecular complexity index is 507. The number of carbonyl (C=O) groups is 1. The molecule has 0 fully saturated rings. The van der Waals surface area contributed by atoms with Gasteiger partial charge in [-0.15, -0.1) is 0 Å². The summed E-state index contributed by atoms with van der Waals surface area (Å²) in [5.74, 6) is -0.326. The van der Waals surface area contributed by atoms with Gasteiger partial charge in [-0.05, 0) is 41.6 Å². The first-order chi connectivity index (χ1) is 7.22. The Morgan fingerprint density at radius 3 is 3.13 bits per heavy atom. The topological polar surface area (TPSA) is 55.0 Å². The number of hydrogen-bond donors (Lipinski definition) is 1. The molecule has 1 aromatic heterocycles. The van der Waals surface area contributed by atoms with Crippen LogP contribution in [0.1, 0.15) is 17.3 Å². The standard InChI is InChI=1S/C10H9IN2O2/c1-2-15-10(14)7-3-6(11)4-8-9(7)13-5-12-8/h3-5H,2H2,1H3,(H,12,13). The van der Waals surface area contributed by atoms with Crippen LogP contribution in [0.3, 0.4) is 0 Å². The molecule has 0 bridgehead atoms. The van der Waals surface area contributed by atoms with E-state index in [1.165, 1.54) is 0 Å². The molecule has 0 saturated heterocycles. The van der Waals surface area contributed by atoms with Crippen LogP contribution >= 0.6 is 22.6 Å². The van der Waals surface area contributed by atoms with Crippen molar-refractivity contribution in [3.8, 4) is 0 Å². The Hall–Kier alpha value is -1.11. The van der Waals surface area contributed by atoms with Gasteiger partial charge in [-0.3, -0.25) is 0 Å². The predicted octanol–water partition coefficient (Wildman–Crippen LogP) is 2.34. The van der Waals surface area contributed by atoms with Crippen molar-refractivity contribution in [2.24, 2.45) is 0 Å². The largest absolute Gasteiger partial charge is 0.462 e. The monoisotopic (exact) mass is 316 g/mol. The summed E-state index contributed by atoms with van der Waals surface area (Å²) < 4.78 is 5.94. The molecule has 5 heteroatoms. The summed E-state index contributed by atoms with van der Waals surface area (Å²) in [5, 5.41) is 0. The molecule has 0 atom stereocenters. The highest BCUT2D eigenvalue weighted by atomic mass is 127. The molecule has 0 radical (unpaired) electrons. The van der Waals surface area contributed by atoms with Gasteiger partial charge < -0.3 is 9.72 Å². The van der Waals surface area contributed by atoms with Crippen molar-refractivity contribution in [2.45, 2.75) is 6.92 Å². The van der Waals surface area contributed by atoms with Gasteiger partial charge >= 0.3 is 5.97 Å². The number of aromatic nitrogens is 2. The third-order valence-electron chi connectivity index (χ3n) is 1.98. The Balaban J connectivity index is 2.57. The average Bonchev–Trinajstić information content (AvgIpc) is 2.64. The number of ether oxygens (including phenoxy) is 1. The fraction of sp³-hybridized carbons (Fsp3) is 0.200. The van der Waals surface area contributed by atoms with E-state index in [1.807, 2.05) is 6.07 Å². The van der Waals surface area contributed by atoms with Gasteiger partial charge in [0.1, 0.15) is 5.52 Å². The van der Waals surface area contributed by atoms with Crippen LogP contribution < -0.4 is 0 Å². The Morgan fingerprint density at radius 1 is 1.60 bits per heavy atom. The number of rotatable bonds is 2. The van der Waals surface area contributed by atoms with E-state index < -0.39 is 0 Å². The molecule has 0 saturated carbocycles. The first kappa shape index (κ1) is 10.4. The second-order valence-corrected chi connectivity index (χ2v) is 4.22. The molecule has 0 aliphatic rings. The number of nitrogens with zero attached hydrogens (tertiary/aromatic N) is 1. The predicted molar refractivity (Wildman–Crippen MR) is 64.8 cm³/mol. The maximum atomic E-state index is 11.6. The first-order valence-corrected chi connectivity index (χ1v) is 5.60. The molecule has 1 N–H and O–H groups in total. The van der Waals surface area contributed by atoms with Gasteiger partial charge in [-0.2, -0.15) is 0 Å². The Labute approximate surface area is 100 Å².